The molecule has 0 fully saturated rings. The summed E-state index contributed by atoms with van der Waals surface area (Å²) >= 11 is 5.96. The van der Waals surface area contributed by atoms with Gasteiger partial charge in [-0.3, -0.25) is 4.99 Å². The number of hydrogen-bond donors (Lipinski definition) is 2. The number of aliphatic imine (C=N–C) groups is 1. The smallest absolute Gasteiger partial charge is 0.232 e. The molecule has 7 heteroatoms. The zero-order valence-electron chi connectivity index (χ0n) is 11.9. The number of ether oxygens (including phenoxy) is 1. The summed E-state index contributed by atoms with van der Waals surface area (Å²) in [5.74, 6) is 1.24. The number of nitrogens with one attached hydrogen (secondary N) is 2. The van der Waals surface area contributed by atoms with Crippen LogP contribution in [0.3, 0.4) is 0 Å². The van der Waals surface area contributed by atoms with E-state index in [1.165, 1.54) is 0 Å². The summed E-state index contributed by atoms with van der Waals surface area (Å²) in [6.07, 6.45) is 8.10. The normalized spacial score (nSPS) is 14.7. The van der Waals surface area contributed by atoms with Crippen LogP contribution in [-0.4, -0.2) is 37.2 Å². The van der Waals surface area contributed by atoms with Gasteiger partial charge in [0.2, 0.25) is 5.88 Å². The lowest BCUT2D eigenvalue weighted by atomic mass is 10.2. The van der Waals surface area contributed by atoms with Crippen LogP contribution in [0.4, 0.5) is 0 Å². The molecule has 0 atom stereocenters. The molecule has 1 aromatic heterocycles. The van der Waals surface area contributed by atoms with Gasteiger partial charge < -0.3 is 15.4 Å². The third kappa shape index (κ3) is 6.09. The molecule has 1 aliphatic carbocycles. The van der Waals surface area contributed by atoms with Crippen LogP contribution in [0, 0.1) is 0 Å². The van der Waals surface area contributed by atoms with Gasteiger partial charge in [-0.25, -0.2) is 4.98 Å². The van der Waals surface area contributed by atoms with Crippen LogP contribution in [0.25, 0.3) is 0 Å². The first-order chi connectivity index (χ1) is 9.79. The summed E-state index contributed by atoms with van der Waals surface area (Å²) in [7, 11) is 1.76. The Labute approximate surface area is 147 Å². The van der Waals surface area contributed by atoms with E-state index in [1.54, 1.807) is 25.4 Å². The monoisotopic (exact) mass is 422 g/mol. The highest BCUT2D eigenvalue weighted by atomic mass is 127. The lowest BCUT2D eigenvalue weighted by Crippen LogP contribution is -2.43. The van der Waals surface area contributed by atoms with Gasteiger partial charge in [0.05, 0.1) is 6.54 Å². The SMILES string of the molecule is CN=C(NCCOc1ncccc1Cl)NC1CC=CC1.I. The summed E-state index contributed by atoms with van der Waals surface area (Å²) in [6.45, 7) is 1.10. The van der Waals surface area contributed by atoms with E-state index in [2.05, 4.69) is 32.8 Å². The van der Waals surface area contributed by atoms with Crippen LogP contribution in [0.5, 0.6) is 5.88 Å². The van der Waals surface area contributed by atoms with Crippen molar-refractivity contribution in [3.8, 4) is 5.88 Å². The molecule has 0 aliphatic heterocycles. The molecule has 1 aliphatic rings. The van der Waals surface area contributed by atoms with E-state index in [4.69, 9.17) is 16.3 Å². The molecule has 5 nitrogen and oxygen atoms in total. The number of hydrogen-bond acceptors (Lipinski definition) is 3. The fraction of sp³-hybridized carbons (Fsp3) is 0.429. The largest absolute Gasteiger partial charge is 0.475 e. The summed E-state index contributed by atoms with van der Waals surface area (Å²) in [5, 5.41) is 7.08. The lowest BCUT2D eigenvalue weighted by molar-refractivity contribution is 0.309. The average molecular weight is 423 g/mol. The Balaban J connectivity index is 0.00000220. The van der Waals surface area contributed by atoms with E-state index >= 15 is 0 Å². The lowest BCUT2D eigenvalue weighted by Gasteiger charge is -2.17. The third-order valence-electron chi connectivity index (χ3n) is 2.93. The van der Waals surface area contributed by atoms with Gasteiger partial charge in [-0.15, -0.1) is 24.0 Å². The standard InChI is InChI=1S/C14H19ClN4O.HI/c1-16-14(19-11-5-2-3-6-11)18-9-10-20-13-12(15)7-4-8-17-13;/h2-4,7-8,11H,5-6,9-10H2,1H3,(H2,16,18,19);1H. The summed E-state index contributed by atoms with van der Waals surface area (Å²) in [6, 6.07) is 3.96. The zero-order valence-corrected chi connectivity index (χ0v) is 15.0. The molecular formula is C14H20ClIN4O. The Hall–Kier alpha value is -1.02. The first-order valence-corrected chi connectivity index (χ1v) is 7.03. The minimum atomic E-state index is 0. The molecule has 0 saturated heterocycles. The molecule has 1 aromatic rings. The number of pyridine rings is 1. The molecule has 2 rings (SSSR count). The maximum absolute atomic E-state index is 5.96. The molecule has 116 valence electrons. The van der Waals surface area contributed by atoms with Gasteiger partial charge in [0.15, 0.2) is 5.96 Å². The Kier molecular flexibility index (Phi) is 8.44. The summed E-state index contributed by atoms with van der Waals surface area (Å²) in [4.78, 5) is 8.25. The molecule has 2 N–H and O–H groups in total. The number of guanidine groups is 1. The zero-order chi connectivity index (χ0) is 14.2. The van der Waals surface area contributed by atoms with Crippen LogP contribution in [-0.2, 0) is 0 Å². The van der Waals surface area contributed by atoms with Gasteiger partial charge in [-0.1, -0.05) is 23.8 Å². The number of rotatable bonds is 5. The van der Waals surface area contributed by atoms with E-state index in [0.29, 0.717) is 30.1 Å². The van der Waals surface area contributed by atoms with E-state index in [1.807, 2.05) is 0 Å². The second-order valence-corrected chi connectivity index (χ2v) is 4.83. The van der Waals surface area contributed by atoms with Crippen LogP contribution in [0.2, 0.25) is 5.02 Å². The van der Waals surface area contributed by atoms with Crippen molar-refractivity contribution >= 4 is 41.5 Å². The molecule has 0 amide bonds. The number of halogens is 2. The van der Waals surface area contributed by atoms with Crippen molar-refractivity contribution in [2.24, 2.45) is 4.99 Å². The number of aromatic nitrogens is 1. The second-order valence-electron chi connectivity index (χ2n) is 4.42. The predicted molar refractivity (Wildman–Crippen MR) is 96.8 cm³/mol. The van der Waals surface area contributed by atoms with Crippen molar-refractivity contribution in [3.63, 3.8) is 0 Å². The molecule has 0 spiro atoms. The van der Waals surface area contributed by atoms with E-state index in [-0.39, 0.29) is 24.0 Å². The van der Waals surface area contributed by atoms with E-state index in [0.717, 1.165) is 18.8 Å². The minimum Gasteiger partial charge on any atom is -0.475 e. The molecule has 1 heterocycles. The summed E-state index contributed by atoms with van der Waals surface area (Å²) < 4.78 is 5.50. The quantitative estimate of drug-likeness (QED) is 0.252. The van der Waals surface area contributed by atoms with Crippen LogP contribution in [0.15, 0.2) is 35.5 Å². The first kappa shape index (κ1) is 18.0. The molecule has 0 saturated carbocycles. The van der Waals surface area contributed by atoms with Crippen LogP contribution < -0.4 is 15.4 Å². The first-order valence-electron chi connectivity index (χ1n) is 6.65. The van der Waals surface area contributed by atoms with Crippen molar-refractivity contribution in [3.05, 3.63) is 35.5 Å². The Morgan fingerprint density at radius 1 is 1.48 bits per heavy atom. The fourth-order valence-corrected chi connectivity index (χ4v) is 2.09. The van der Waals surface area contributed by atoms with E-state index < -0.39 is 0 Å². The fourth-order valence-electron chi connectivity index (χ4n) is 1.92. The Morgan fingerprint density at radius 3 is 2.90 bits per heavy atom. The molecule has 0 unspecified atom stereocenters. The van der Waals surface area contributed by atoms with Crippen molar-refractivity contribution < 1.29 is 4.74 Å². The van der Waals surface area contributed by atoms with Gasteiger partial charge >= 0.3 is 0 Å². The van der Waals surface area contributed by atoms with Gasteiger partial charge in [-0.2, -0.15) is 0 Å². The predicted octanol–water partition coefficient (Wildman–Crippen LogP) is 2.62. The van der Waals surface area contributed by atoms with Crippen molar-refractivity contribution in [2.45, 2.75) is 18.9 Å². The Morgan fingerprint density at radius 2 is 2.24 bits per heavy atom. The van der Waals surface area contributed by atoms with Crippen molar-refractivity contribution in [2.75, 3.05) is 20.2 Å². The molecule has 0 bridgehead atoms. The molecular weight excluding hydrogens is 403 g/mol. The molecule has 0 radical (unpaired) electrons. The maximum atomic E-state index is 5.96. The van der Waals surface area contributed by atoms with Gasteiger partial charge in [-0.05, 0) is 25.0 Å². The second kappa shape index (κ2) is 9.83. The van der Waals surface area contributed by atoms with E-state index in [9.17, 15) is 0 Å². The van der Waals surface area contributed by atoms with Gasteiger partial charge in [0.1, 0.15) is 11.6 Å². The average Bonchev–Trinajstić information content (AvgIpc) is 2.97. The molecule has 0 aromatic carbocycles. The molecule has 21 heavy (non-hydrogen) atoms. The minimum absolute atomic E-state index is 0. The highest BCUT2D eigenvalue weighted by molar-refractivity contribution is 14.0. The third-order valence-corrected chi connectivity index (χ3v) is 3.22. The topological polar surface area (TPSA) is 58.5 Å². The van der Waals surface area contributed by atoms with Gasteiger partial charge in [0, 0.05) is 19.3 Å². The number of nitrogens with zero attached hydrogens (tertiary/aromatic N) is 2. The van der Waals surface area contributed by atoms with Crippen LogP contribution in [0.1, 0.15) is 12.8 Å². The van der Waals surface area contributed by atoms with Crippen LogP contribution >= 0.6 is 35.6 Å². The van der Waals surface area contributed by atoms with Gasteiger partial charge in [0.25, 0.3) is 0 Å². The highest BCUT2D eigenvalue weighted by Crippen LogP contribution is 2.19. The maximum Gasteiger partial charge on any atom is 0.232 e. The Bertz CT molecular complexity index is 488. The van der Waals surface area contributed by atoms with Crippen molar-refractivity contribution in [1.82, 2.24) is 15.6 Å². The summed E-state index contributed by atoms with van der Waals surface area (Å²) in [5.41, 5.74) is 0. The highest BCUT2D eigenvalue weighted by Gasteiger charge is 2.11. The van der Waals surface area contributed by atoms with Crippen molar-refractivity contribution in [1.29, 1.82) is 0 Å².